The average molecular weight is 528 g/mol. The maximum Gasteiger partial charge on any atom is 0.261 e. The highest BCUT2D eigenvalue weighted by atomic mass is 19.1. The summed E-state index contributed by atoms with van der Waals surface area (Å²) in [5.74, 6) is -1.20. The van der Waals surface area contributed by atoms with Crippen LogP contribution in [0.15, 0.2) is 72.9 Å². The molecule has 2 N–H and O–H groups in total. The summed E-state index contributed by atoms with van der Waals surface area (Å²) >= 11 is 0. The summed E-state index contributed by atoms with van der Waals surface area (Å²) in [6.45, 7) is 3.27. The number of carbonyl (C=O) groups is 1. The van der Waals surface area contributed by atoms with Crippen molar-refractivity contribution < 1.29 is 28.2 Å². The van der Waals surface area contributed by atoms with Gasteiger partial charge in [-0.2, -0.15) is 0 Å². The fourth-order valence-electron chi connectivity index (χ4n) is 4.35. The lowest BCUT2D eigenvalue weighted by molar-refractivity contribution is 0.102. The first-order valence-corrected chi connectivity index (χ1v) is 11.9. The molecule has 0 radical (unpaired) electrons. The highest BCUT2D eigenvalue weighted by Crippen LogP contribution is 2.37. The highest BCUT2D eigenvalue weighted by molar-refractivity contribution is 6.08. The van der Waals surface area contributed by atoms with E-state index in [0.29, 0.717) is 39.2 Å². The van der Waals surface area contributed by atoms with Gasteiger partial charge in [0.1, 0.15) is 28.6 Å². The number of fused-ring (bicyclic) bond motifs is 1. The van der Waals surface area contributed by atoms with Crippen LogP contribution in [-0.4, -0.2) is 28.1 Å². The van der Waals surface area contributed by atoms with Crippen molar-refractivity contribution in [1.29, 1.82) is 0 Å². The van der Waals surface area contributed by atoms with Crippen molar-refractivity contribution >= 4 is 22.5 Å². The Labute approximate surface area is 222 Å². The predicted octanol–water partition coefficient (Wildman–Crippen LogP) is 6.95. The number of halogens is 2. The number of methoxy groups -OCH3 is 1. The third kappa shape index (κ3) is 5.06. The van der Waals surface area contributed by atoms with Gasteiger partial charge in [-0.3, -0.25) is 14.8 Å². The lowest BCUT2D eigenvalue weighted by Gasteiger charge is -2.16. The van der Waals surface area contributed by atoms with E-state index in [4.69, 9.17) is 9.47 Å². The van der Waals surface area contributed by atoms with Gasteiger partial charge in [-0.05, 0) is 67.9 Å². The van der Waals surface area contributed by atoms with Crippen molar-refractivity contribution in [3.05, 3.63) is 102 Å². The SMILES string of the molecule is COc1ccc2nccc(Oc3ccc(NC(=O)c4c(C)nc(C)c(-c5ccc(F)cc5)c4O)cc3F)c2c1. The molecule has 0 aliphatic carbocycles. The van der Waals surface area contributed by atoms with Crippen LogP contribution in [0, 0.1) is 25.5 Å². The molecule has 0 bridgehead atoms. The molecule has 0 fully saturated rings. The molecule has 9 heteroatoms. The molecule has 0 saturated heterocycles. The topological polar surface area (TPSA) is 93.6 Å². The second-order valence-corrected chi connectivity index (χ2v) is 8.78. The minimum absolute atomic E-state index is 0.0575. The number of amides is 1. The Balaban J connectivity index is 1.42. The molecule has 2 heterocycles. The molecule has 0 spiro atoms. The summed E-state index contributed by atoms with van der Waals surface area (Å²) < 4.78 is 39.6. The van der Waals surface area contributed by atoms with Crippen LogP contribution in [0.5, 0.6) is 23.0 Å². The lowest BCUT2D eigenvalue weighted by atomic mass is 9.98. The summed E-state index contributed by atoms with van der Waals surface area (Å²) in [6, 6.07) is 16.4. The minimum Gasteiger partial charge on any atom is -0.506 e. The summed E-state index contributed by atoms with van der Waals surface area (Å²) in [5.41, 5.74) is 2.30. The van der Waals surface area contributed by atoms with Crippen LogP contribution in [0.25, 0.3) is 22.0 Å². The number of rotatable bonds is 6. The highest BCUT2D eigenvalue weighted by Gasteiger charge is 2.22. The maximum absolute atomic E-state index is 15.1. The van der Waals surface area contributed by atoms with Gasteiger partial charge in [0.2, 0.25) is 0 Å². The number of hydrogen-bond acceptors (Lipinski definition) is 6. The van der Waals surface area contributed by atoms with Gasteiger partial charge < -0.3 is 19.9 Å². The van der Waals surface area contributed by atoms with E-state index in [0.717, 1.165) is 6.07 Å². The van der Waals surface area contributed by atoms with Gasteiger partial charge >= 0.3 is 0 Å². The number of benzene rings is 3. The van der Waals surface area contributed by atoms with Crippen LogP contribution < -0.4 is 14.8 Å². The van der Waals surface area contributed by atoms with Crippen LogP contribution in [0.1, 0.15) is 21.7 Å². The van der Waals surface area contributed by atoms with Crippen LogP contribution in [0.3, 0.4) is 0 Å². The number of aromatic nitrogens is 2. The summed E-state index contributed by atoms with van der Waals surface area (Å²) in [5, 5.41) is 14.3. The predicted molar refractivity (Wildman–Crippen MR) is 143 cm³/mol. The molecule has 5 aromatic rings. The Hall–Kier alpha value is -5.05. The molecule has 2 aromatic heterocycles. The van der Waals surface area contributed by atoms with Crippen LogP contribution in [-0.2, 0) is 0 Å². The molecule has 196 valence electrons. The normalized spacial score (nSPS) is 10.9. The first-order valence-electron chi connectivity index (χ1n) is 11.9. The van der Waals surface area contributed by atoms with E-state index in [1.54, 1.807) is 51.4 Å². The van der Waals surface area contributed by atoms with E-state index in [1.807, 2.05) is 0 Å². The standard InChI is InChI=1S/C30H23F2N3O4/c1-16-27(18-4-6-19(31)7-5-18)29(36)28(17(2)34-16)30(37)35-20-8-11-26(23(32)14-20)39-25-12-13-33-24-10-9-21(38-3)15-22(24)25/h4-15H,1-3H3,(H,34,36)(H,35,37). The van der Waals surface area contributed by atoms with Crippen molar-refractivity contribution in [2.75, 3.05) is 12.4 Å². The van der Waals surface area contributed by atoms with Crippen molar-refractivity contribution in [3.63, 3.8) is 0 Å². The fourth-order valence-corrected chi connectivity index (χ4v) is 4.35. The van der Waals surface area contributed by atoms with Crippen LogP contribution in [0.4, 0.5) is 14.5 Å². The number of nitrogens with one attached hydrogen (secondary N) is 1. The largest absolute Gasteiger partial charge is 0.506 e. The van der Waals surface area contributed by atoms with Crippen molar-refractivity contribution in [2.45, 2.75) is 13.8 Å². The third-order valence-electron chi connectivity index (χ3n) is 6.21. The Morgan fingerprint density at radius 1 is 0.923 bits per heavy atom. The summed E-state index contributed by atoms with van der Waals surface area (Å²) in [7, 11) is 1.54. The first kappa shape index (κ1) is 25.6. The molecule has 0 unspecified atom stereocenters. The molecule has 39 heavy (non-hydrogen) atoms. The number of nitrogens with zero attached hydrogens (tertiary/aromatic N) is 2. The molecule has 0 saturated carbocycles. The van der Waals surface area contributed by atoms with Crippen molar-refractivity contribution in [1.82, 2.24) is 9.97 Å². The van der Waals surface area contributed by atoms with Gasteiger partial charge in [0.05, 0.1) is 18.3 Å². The van der Waals surface area contributed by atoms with Gasteiger partial charge in [0.25, 0.3) is 5.91 Å². The van der Waals surface area contributed by atoms with Crippen LogP contribution in [0.2, 0.25) is 0 Å². The number of pyridine rings is 2. The van der Waals surface area contributed by atoms with Gasteiger partial charge in [0, 0.05) is 34.6 Å². The number of hydrogen-bond donors (Lipinski definition) is 2. The van der Waals surface area contributed by atoms with Crippen LogP contribution >= 0.6 is 0 Å². The second kappa shape index (κ2) is 10.4. The zero-order valence-electron chi connectivity index (χ0n) is 21.3. The van der Waals surface area contributed by atoms with E-state index < -0.39 is 17.5 Å². The van der Waals surface area contributed by atoms with E-state index in [-0.39, 0.29) is 28.4 Å². The molecule has 0 atom stereocenters. The van der Waals surface area contributed by atoms with E-state index >= 15 is 4.39 Å². The van der Waals surface area contributed by atoms with E-state index in [9.17, 15) is 14.3 Å². The Morgan fingerprint density at radius 2 is 1.69 bits per heavy atom. The molecular formula is C30H23F2N3O4. The van der Waals surface area contributed by atoms with Crippen molar-refractivity contribution in [2.24, 2.45) is 0 Å². The average Bonchev–Trinajstić information content (AvgIpc) is 2.91. The quantitative estimate of drug-likeness (QED) is 0.248. The summed E-state index contributed by atoms with van der Waals surface area (Å²) in [6.07, 6.45) is 1.56. The number of carbonyl (C=O) groups excluding carboxylic acids is 1. The second-order valence-electron chi connectivity index (χ2n) is 8.78. The Morgan fingerprint density at radius 3 is 2.41 bits per heavy atom. The number of aryl methyl sites for hydroxylation is 2. The van der Waals surface area contributed by atoms with E-state index in [2.05, 4.69) is 15.3 Å². The minimum atomic E-state index is -0.712. The van der Waals surface area contributed by atoms with Gasteiger partial charge in [-0.1, -0.05) is 12.1 Å². The molecule has 0 aliphatic heterocycles. The Kier molecular flexibility index (Phi) is 6.81. The lowest BCUT2D eigenvalue weighted by Crippen LogP contribution is -2.15. The molecular weight excluding hydrogens is 504 g/mol. The van der Waals surface area contributed by atoms with Gasteiger partial charge in [-0.15, -0.1) is 0 Å². The van der Waals surface area contributed by atoms with Gasteiger partial charge in [0.15, 0.2) is 11.6 Å². The zero-order valence-corrected chi connectivity index (χ0v) is 21.3. The Bertz CT molecular complexity index is 1720. The third-order valence-corrected chi connectivity index (χ3v) is 6.21. The molecule has 0 aliphatic rings. The number of aromatic hydroxyl groups is 1. The summed E-state index contributed by atoms with van der Waals surface area (Å²) in [4.78, 5) is 21.8. The maximum atomic E-state index is 15.1. The molecule has 5 rings (SSSR count). The molecule has 3 aromatic carbocycles. The molecule has 1 amide bonds. The van der Waals surface area contributed by atoms with Gasteiger partial charge in [-0.25, -0.2) is 8.78 Å². The van der Waals surface area contributed by atoms with Crippen molar-refractivity contribution in [3.8, 4) is 34.1 Å². The fraction of sp³-hybridized carbons (Fsp3) is 0.100. The van der Waals surface area contributed by atoms with E-state index in [1.165, 1.54) is 36.4 Å². The molecule has 7 nitrogen and oxygen atoms in total. The zero-order chi connectivity index (χ0) is 27.7. The first-order chi connectivity index (χ1) is 18.7. The monoisotopic (exact) mass is 527 g/mol. The number of ether oxygens (including phenoxy) is 2. The smallest absolute Gasteiger partial charge is 0.261 e. The number of anilines is 1.